The number of phenolic OH excluding ortho intramolecular Hbond substituents is 1. The predicted molar refractivity (Wildman–Crippen MR) is 132 cm³/mol. The lowest BCUT2D eigenvalue weighted by molar-refractivity contribution is -0.146. The van der Waals surface area contributed by atoms with Gasteiger partial charge in [0.15, 0.2) is 0 Å². The van der Waals surface area contributed by atoms with E-state index < -0.39 is 5.60 Å². The molecule has 3 aromatic rings. The molecule has 0 radical (unpaired) electrons. The van der Waals surface area contributed by atoms with E-state index in [1.807, 2.05) is 33.8 Å². The third kappa shape index (κ3) is 4.44. The molecule has 0 amide bonds. The Hall–Kier alpha value is -3.01. The Balaban J connectivity index is 1.40. The summed E-state index contributed by atoms with van der Waals surface area (Å²) in [5.74, 6) is 0.703. The van der Waals surface area contributed by atoms with Crippen LogP contribution in [-0.4, -0.2) is 23.3 Å². The van der Waals surface area contributed by atoms with Crippen LogP contribution in [0.15, 0.2) is 36.4 Å². The number of esters is 1. The molecule has 0 aliphatic carbocycles. The second-order valence-corrected chi connectivity index (χ2v) is 9.83. The number of hydrogen-bond donors (Lipinski definition) is 1. The molecule has 0 saturated heterocycles. The fraction of sp³-hybridized carbons (Fsp3) is 0.414. The Morgan fingerprint density at radius 3 is 2.52 bits per heavy atom. The molecule has 0 bridgehead atoms. The van der Waals surface area contributed by atoms with Crippen molar-refractivity contribution < 1.29 is 19.4 Å². The molecule has 1 heterocycles. The largest absolute Gasteiger partial charge is 0.507 e. The van der Waals surface area contributed by atoms with Gasteiger partial charge in [0.2, 0.25) is 0 Å². The quantitative estimate of drug-likeness (QED) is 0.449. The number of carbonyl (C=O) groups excluding carboxylic acids is 1. The summed E-state index contributed by atoms with van der Waals surface area (Å²) in [5.41, 5.74) is 5.62. The highest BCUT2D eigenvalue weighted by molar-refractivity contribution is 5.86. The van der Waals surface area contributed by atoms with Gasteiger partial charge < -0.3 is 14.6 Å². The van der Waals surface area contributed by atoms with Gasteiger partial charge in [0.05, 0.1) is 12.5 Å². The van der Waals surface area contributed by atoms with Crippen LogP contribution in [-0.2, 0) is 16.0 Å². The number of hydrogen-bond acceptors (Lipinski definition) is 4. The lowest BCUT2D eigenvalue weighted by Gasteiger charge is -2.38. The molecular formula is C29H34O4. The molecule has 0 fully saturated rings. The summed E-state index contributed by atoms with van der Waals surface area (Å²) in [7, 11) is 0. The summed E-state index contributed by atoms with van der Waals surface area (Å²) in [5, 5.41) is 12.7. The molecule has 4 nitrogen and oxygen atoms in total. The lowest BCUT2D eigenvalue weighted by Crippen LogP contribution is -2.38. The molecule has 4 heteroatoms. The molecule has 2 atom stereocenters. The second kappa shape index (κ2) is 8.74. The van der Waals surface area contributed by atoms with E-state index in [0.29, 0.717) is 18.8 Å². The molecule has 1 N–H and O–H groups in total. The maximum atomic E-state index is 12.8. The molecular weight excluding hydrogens is 412 g/mol. The number of phenols is 1. The summed E-state index contributed by atoms with van der Waals surface area (Å²) in [6, 6.07) is 12.5. The van der Waals surface area contributed by atoms with E-state index in [2.05, 4.69) is 44.2 Å². The van der Waals surface area contributed by atoms with Crippen LogP contribution >= 0.6 is 0 Å². The highest BCUT2D eigenvalue weighted by Crippen LogP contribution is 2.44. The summed E-state index contributed by atoms with van der Waals surface area (Å²) in [4.78, 5) is 12.8. The van der Waals surface area contributed by atoms with Crippen molar-refractivity contribution >= 4 is 16.7 Å². The Morgan fingerprint density at radius 1 is 1.06 bits per heavy atom. The fourth-order valence-corrected chi connectivity index (χ4v) is 4.75. The minimum Gasteiger partial charge on any atom is -0.507 e. The number of ether oxygens (including phenoxy) is 2. The van der Waals surface area contributed by atoms with E-state index in [0.717, 1.165) is 51.8 Å². The van der Waals surface area contributed by atoms with Gasteiger partial charge in [-0.3, -0.25) is 4.79 Å². The summed E-state index contributed by atoms with van der Waals surface area (Å²) in [6.45, 7) is 12.2. The van der Waals surface area contributed by atoms with Crippen LogP contribution in [0.3, 0.4) is 0 Å². The van der Waals surface area contributed by atoms with Crippen molar-refractivity contribution in [2.75, 3.05) is 6.61 Å². The van der Waals surface area contributed by atoms with E-state index >= 15 is 0 Å². The number of aryl methyl sites for hydroxylation is 1. The highest BCUT2D eigenvalue weighted by atomic mass is 16.5. The number of carbonyl (C=O) groups is 1. The van der Waals surface area contributed by atoms with Crippen molar-refractivity contribution in [3.63, 3.8) is 0 Å². The molecule has 0 spiro atoms. The van der Waals surface area contributed by atoms with Crippen molar-refractivity contribution in [3.05, 3.63) is 69.8 Å². The minimum absolute atomic E-state index is 0.214. The predicted octanol–water partition coefficient (Wildman–Crippen LogP) is 6.60. The highest BCUT2D eigenvalue weighted by Gasteiger charge is 2.35. The third-order valence-electron chi connectivity index (χ3n) is 7.34. The van der Waals surface area contributed by atoms with E-state index in [1.165, 1.54) is 10.9 Å². The van der Waals surface area contributed by atoms with Crippen molar-refractivity contribution in [1.29, 1.82) is 0 Å². The molecule has 174 valence electrons. The second-order valence-electron chi connectivity index (χ2n) is 9.83. The van der Waals surface area contributed by atoms with Gasteiger partial charge in [-0.2, -0.15) is 0 Å². The van der Waals surface area contributed by atoms with Gasteiger partial charge in [0, 0.05) is 12.0 Å². The van der Waals surface area contributed by atoms with Gasteiger partial charge >= 0.3 is 5.97 Å². The maximum absolute atomic E-state index is 12.8. The van der Waals surface area contributed by atoms with E-state index in [-0.39, 0.29) is 11.9 Å². The Kier molecular flexibility index (Phi) is 6.13. The summed E-state index contributed by atoms with van der Waals surface area (Å²) in [6.07, 6.45) is 2.29. The number of fused-ring (bicyclic) bond motifs is 2. The zero-order chi connectivity index (χ0) is 23.9. The lowest BCUT2D eigenvalue weighted by atomic mass is 9.86. The van der Waals surface area contributed by atoms with Crippen molar-refractivity contribution in [2.24, 2.45) is 0 Å². The first-order valence-electron chi connectivity index (χ1n) is 11.8. The van der Waals surface area contributed by atoms with Gasteiger partial charge in [-0.15, -0.1) is 0 Å². The first-order valence-corrected chi connectivity index (χ1v) is 11.8. The normalized spacial score (nSPS) is 18.5. The van der Waals surface area contributed by atoms with E-state index in [1.54, 1.807) is 0 Å². The minimum atomic E-state index is -0.405. The molecule has 0 unspecified atom stereocenters. The smallest absolute Gasteiger partial charge is 0.313 e. The number of benzene rings is 3. The monoisotopic (exact) mass is 446 g/mol. The average Bonchev–Trinajstić information content (AvgIpc) is 2.80. The van der Waals surface area contributed by atoms with Crippen LogP contribution in [0.25, 0.3) is 10.8 Å². The maximum Gasteiger partial charge on any atom is 0.313 e. The summed E-state index contributed by atoms with van der Waals surface area (Å²) >= 11 is 0. The third-order valence-corrected chi connectivity index (χ3v) is 7.34. The van der Waals surface area contributed by atoms with Crippen LogP contribution in [0.4, 0.5) is 0 Å². The van der Waals surface area contributed by atoms with Crippen molar-refractivity contribution in [3.8, 4) is 11.5 Å². The molecule has 3 aromatic carbocycles. The van der Waals surface area contributed by atoms with Crippen molar-refractivity contribution in [1.82, 2.24) is 0 Å². The molecule has 1 aliphatic rings. The van der Waals surface area contributed by atoms with Gasteiger partial charge in [-0.25, -0.2) is 0 Å². The van der Waals surface area contributed by atoms with E-state index in [9.17, 15) is 9.90 Å². The fourth-order valence-electron chi connectivity index (χ4n) is 4.75. The summed E-state index contributed by atoms with van der Waals surface area (Å²) < 4.78 is 12.1. The van der Waals surface area contributed by atoms with Crippen LogP contribution in [0.5, 0.6) is 11.5 Å². The zero-order valence-corrected chi connectivity index (χ0v) is 20.5. The number of rotatable bonds is 5. The molecule has 0 aromatic heterocycles. The molecule has 1 aliphatic heterocycles. The van der Waals surface area contributed by atoms with Crippen molar-refractivity contribution in [2.45, 2.75) is 72.3 Å². The van der Waals surface area contributed by atoms with Crippen LogP contribution < -0.4 is 4.74 Å². The van der Waals surface area contributed by atoms with E-state index in [4.69, 9.17) is 9.47 Å². The average molecular weight is 447 g/mol. The SMILES string of the molecule is Cc1ccc2cc([C@H](C)C(=O)OCC[C@@]3(C)CCc4c(C)c(O)c(C)c(C)c4O3)ccc2c1. The standard InChI is InChI=1S/C29H34O4/c1-17-7-8-24-16-22(9-10-23(24)15-17)20(4)28(31)32-14-13-29(6)12-11-25-21(5)26(30)18(2)19(3)27(25)33-29/h7-10,15-16,20,30H,11-14H2,1-6H3/t20-,29+/m0/s1. The van der Waals surface area contributed by atoms with Gasteiger partial charge in [0.1, 0.15) is 17.1 Å². The van der Waals surface area contributed by atoms with Gasteiger partial charge in [-0.05, 0) is 87.4 Å². The molecule has 4 rings (SSSR count). The Labute approximate surface area is 196 Å². The first kappa shape index (κ1) is 23.2. The first-order chi connectivity index (χ1) is 15.6. The van der Waals surface area contributed by atoms with Gasteiger partial charge in [-0.1, -0.05) is 42.0 Å². The van der Waals surface area contributed by atoms with Crippen LogP contribution in [0.1, 0.15) is 66.0 Å². The topological polar surface area (TPSA) is 55.8 Å². The van der Waals surface area contributed by atoms with Crippen LogP contribution in [0, 0.1) is 27.7 Å². The Morgan fingerprint density at radius 2 is 1.76 bits per heavy atom. The number of aromatic hydroxyl groups is 1. The zero-order valence-electron chi connectivity index (χ0n) is 20.5. The molecule has 33 heavy (non-hydrogen) atoms. The Bertz CT molecular complexity index is 1230. The van der Waals surface area contributed by atoms with Crippen LogP contribution in [0.2, 0.25) is 0 Å². The molecule has 0 saturated carbocycles. The van der Waals surface area contributed by atoms with Gasteiger partial charge in [0.25, 0.3) is 0 Å².